The number of aliphatic hydroxyl groups excluding tert-OH is 1. The first-order valence-electron chi connectivity index (χ1n) is 4.66. The van der Waals surface area contributed by atoms with E-state index in [2.05, 4.69) is 20.8 Å². The van der Waals surface area contributed by atoms with Crippen LogP contribution in [0.3, 0.4) is 0 Å². The summed E-state index contributed by atoms with van der Waals surface area (Å²) in [5.41, 5.74) is 0.601. The molecule has 3 atom stereocenters. The first-order valence-corrected chi connectivity index (χ1v) is 4.66. The highest BCUT2D eigenvalue weighted by Crippen LogP contribution is 2.65. The van der Waals surface area contributed by atoms with Crippen molar-refractivity contribution in [3.8, 4) is 0 Å². The molecule has 2 unspecified atom stereocenters. The summed E-state index contributed by atoms with van der Waals surface area (Å²) in [6.45, 7) is 6.90. The molecule has 1 nitrogen and oxygen atoms in total. The number of rotatable bonds is 0. The maximum atomic E-state index is 9.81. The Balaban J connectivity index is 2.40. The van der Waals surface area contributed by atoms with Gasteiger partial charge in [0.1, 0.15) is 0 Å². The van der Waals surface area contributed by atoms with Gasteiger partial charge in [-0.1, -0.05) is 20.8 Å². The van der Waals surface area contributed by atoms with Crippen molar-refractivity contribution in [1.82, 2.24) is 0 Å². The highest BCUT2D eigenvalue weighted by atomic mass is 16.3. The molecule has 11 heavy (non-hydrogen) atoms. The van der Waals surface area contributed by atoms with E-state index < -0.39 is 0 Å². The van der Waals surface area contributed by atoms with Crippen LogP contribution in [0, 0.1) is 16.7 Å². The summed E-state index contributed by atoms with van der Waals surface area (Å²) < 4.78 is 0. The van der Waals surface area contributed by atoms with Gasteiger partial charge in [-0.15, -0.1) is 0 Å². The van der Waals surface area contributed by atoms with E-state index in [0.717, 1.165) is 12.3 Å². The van der Waals surface area contributed by atoms with Crippen molar-refractivity contribution in [2.24, 2.45) is 16.7 Å². The Morgan fingerprint density at radius 1 is 1.27 bits per heavy atom. The average Bonchev–Trinajstić information content (AvgIpc) is 2.20. The van der Waals surface area contributed by atoms with E-state index in [-0.39, 0.29) is 11.5 Å². The van der Waals surface area contributed by atoms with Crippen molar-refractivity contribution in [3.63, 3.8) is 0 Å². The van der Waals surface area contributed by atoms with Gasteiger partial charge < -0.3 is 5.11 Å². The third-order valence-corrected chi connectivity index (χ3v) is 4.75. The summed E-state index contributed by atoms with van der Waals surface area (Å²) in [6, 6.07) is 0. The molecule has 64 valence electrons. The third kappa shape index (κ3) is 0.658. The van der Waals surface area contributed by atoms with Gasteiger partial charge in [0.2, 0.25) is 0 Å². The van der Waals surface area contributed by atoms with E-state index in [0.29, 0.717) is 5.41 Å². The van der Waals surface area contributed by atoms with E-state index in [1.54, 1.807) is 0 Å². The Hall–Kier alpha value is -0.0400. The maximum absolute atomic E-state index is 9.81. The van der Waals surface area contributed by atoms with Crippen molar-refractivity contribution >= 4 is 0 Å². The molecule has 1 heteroatoms. The van der Waals surface area contributed by atoms with Gasteiger partial charge in [-0.25, -0.2) is 0 Å². The van der Waals surface area contributed by atoms with Crippen LogP contribution in [0.15, 0.2) is 0 Å². The van der Waals surface area contributed by atoms with Crippen molar-refractivity contribution in [1.29, 1.82) is 0 Å². The van der Waals surface area contributed by atoms with Gasteiger partial charge in [-0.2, -0.15) is 0 Å². The second-order valence-electron chi connectivity index (χ2n) is 5.13. The molecule has 2 aliphatic rings. The molecule has 2 saturated carbocycles. The van der Waals surface area contributed by atoms with Crippen LogP contribution in [0.1, 0.15) is 40.0 Å². The molecule has 2 fully saturated rings. The standard InChI is InChI=1S/C10H18O/c1-9(2)7-4-5-10(9,3)8(11)6-7/h7-8,11H,4-6H2,1-3H3/t7?,8-,10?/m0/s1. The molecule has 0 spiro atoms. The highest BCUT2D eigenvalue weighted by Gasteiger charge is 2.60. The molecule has 0 saturated heterocycles. The topological polar surface area (TPSA) is 20.2 Å². The Morgan fingerprint density at radius 3 is 2.09 bits per heavy atom. The lowest BCUT2D eigenvalue weighted by atomic mass is 9.70. The summed E-state index contributed by atoms with van der Waals surface area (Å²) in [4.78, 5) is 0. The Kier molecular flexibility index (Phi) is 1.26. The highest BCUT2D eigenvalue weighted by molar-refractivity contribution is 5.10. The Morgan fingerprint density at radius 2 is 1.91 bits per heavy atom. The largest absolute Gasteiger partial charge is 0.393 e. The van der Waals surface area contributed by atoms with Crippen LogP contribution in [0.2, 0.25) is 0 Å². The molecule has 2 bridgehead atoms. The number of hydrogen-bond donors (Lipinski definition) is 1. The van der Waals surface area contributed by atoms with Crippen LogP contribution in [0.25, 0.3) is 0 Å². The third-order valence-electron chi connectivity index (χ3n) is 4.75. The monoisotopic (exact) mass is 154 g/mol. The summed E-state index contributed by atoms with van der Waals surface area (Å²) >= 11 is 0. The van der Waals surface area contributed by atoms with Gasteiger partial charge in [0.05, 0.1) is 6.10 Å². The van der Waals surface area contributed by atoms with Gasteiger partial charge in [-0.05, 0) is 36.0 Å². The number of aliphatic hydroxyl groups is 1. The predicted molar refractivity (Wildman–Crippen MR) is 45.2 cm³/mol. The van der Waals surface area contributed by atoms with E-state index in [9.17, 15) is 5.11 Å². The van der Waals surface area contributed by atoms with Gasteiger partial charge in [0, 0.05) is 0 Å². The van der Waals surface area contributed by atoms with Crippen molar-refractivity contribution in [2.45, 2.75) is 46.1 Å². The van der Waals surface area contributed by atoms with Crippen LogP contribution in [0.4, 0.5) is 0 Å². The molecule has 2 rings (SSSR count). The zero-order valence-electron chi connectivity index (χ0n) is 7.72. The zero-order chi connectivity index (χ0) is 8.28. The normalized spacial score (nSPS) is 53.5. The summed E-state index contributed by atoms with van der Waals surface area (Å²) in [5.74, 6) is 0.780. The first kappa shape index (κ1) is 7.60. The quantitative estimate of drug-likeness (QED) is 0.567. The predicted octanol–water partition coefficient (Wildman–Crippen LogP) is 2.19. The lowest BCUT2D eigenvalue weighted by Crippen LogP contribution is -2.35. The van der Waals surface area contributed by atoms with E-state index in [1.165, 1.54) is 12.8 Å². The van der Waals surface area contributed by atoms with Crippen molar-refractivity contribution in [2.75, 3.05) is 0 Å². The van der Waals surface area contributed by atoms with Crippen LogP contribution >= 0.6 is 0 Å². The van der Waals surface area contributed by atoms with Crippen LogP contribution in [-0.4, -0.2) is 11.2 Å². The second kappa shape index (κ2) is 1.82. The molecule has 0 radical (unpaired) electrons. The lowest BCUT2D eigenvalue weighted by Gasteiger charge is -2.36. The Labute approximate surface area is 68.8 Å². The van der Waals surface area contributed by atoms with Crippen molar-refractivity contribution in [3.05, 3.63) is 0 Å². The lowest BCUT2D eigenvalue weighted by molar-refractivity contribution is 0.0126. The smallest absolute Gasteiger partial charge is 0.0601 e. The fourth-order valence-electron chi connectivity index (χ4n) is 3.16. The molecule has 0 heterocycles. The SMILES string of the molecule is CC1(C)C2CCC1(C)[C@@H](O)C2. The minimum atomic E-state index is -0.0313. The molecular weight excluding hydrogens is 136 g/mol. The molecule has 2 aliphatic carbocycles. The Bertz CT molecular complexity index is 185. The first-order chi connectivity index (χ1) is 4.98. The second-order valence-corrected chi connectivity index (χ2v) is 5.13. The average molecular weight is 154 g/mol. The number of fused-ring (bicyclic) bond motifs is 2. The van der Waals surface area contributed by atoms with E-state index in [4.69, 9.17) is 0 Å². The fraction of sp³-hybridized carbons (Fsp3) is 1.00. The van der Waals surface area contributed by atoms with Gasteiger partial charge in [0.15, 0.2) is 0 Å². The van der Waals surface area contributed by atoms with Gasteiger partial charge in [0.25, 0.3) is 0 Å². The summed E-state index contributed by atoms with van der Waals surface area (Å²) in [6.07, 6.45) is 3.58. The number of hydrogen-bond acceptors (Lipinski definition) is 1. The van der Waals surface area contributed by atoms with Crippen molar-refractivity contribution < 1.29 is 5.11 Å². The minimum absolute atomic E-state index is 0.0313. The molecular formula is C10H18O. The minimum Gasteiger partial charge on any atom is -0.393 e. The van der Waals surface area contributed by atoms with Crippen LogP contribution in [-0.2, 0) is 0 Å². The molecule has 0 aromatic heterocycles. The molecule has 1 N–H and O–H groups in total. The summed E-state index contributed by atoms with van der Waals surface area (Å²) in [5, 5.41) is 9.81. The van der Waals surface area contributed by atoms with E-state index in [1.807, 2.05) is 0 Å². The van der Waals surface area contributed by atoms with Gasteiger partial charge >= 0.3 is 0 Å². The molecule has 0 aliphatic heterocycles. The van der Waals surface area contributed by atoms with E-state index >= 15 is 0 Å². The fourth-order valence-corrected chi connectivity index (χ4v) is 3.16. The molecule has 0 aromatic rings. The zero-order valence-corrected chi connectivity index (χ0v) is 7.72. The van der Waals surface area contributed by atoms with Gasteiger partial charge in [-0.3, -0.25) is 0 Å². The summed E-state index contributed by atoms with van der Waals surface area (Å²) in [7, 11) is 0. The molecule has 0 aromatic carbocycles. The maximum Gasteiger partial charge on any atom is 0.0601 e. The molecule has 0 amide bonds. The van der Waals surface area contributed by atoms with Crippen LogP contribution in [0.5, 0.6) is 0 Å². The van der Waals surface area contributed by atoms with Crippen LogP contribution < -0.4 is 0 Å².